The van der Waals surface area contributed by atoms with E-state index >= 15 is 0 Å². The fourth-order valence-corrected chi connectivity index (χ4v) is 3.59. The van der Waals surface area contributed by atoms with E-state index in [4.69, 9.17) is 0 Å². The van der Waals surface area contributed by atoms with Crippen LogP contribution in [-0.4, -0.2) is 25.7 Å². The summed E-state index contributed by atoms with van der Waals surface area (Å²) in [4.78, 5) is 17.4. The first-order valence-corrected chi connectivity index (χ1v) is 9.19. The molecule has 1 aromatic carbocycles. The van der Waals surface area contributed by atoms with Crippen LogP contribution >= 0.6 is 0 Å². The van der Waals surface area contributed by atoms with Crippen LogP contribution in [0.3, 0.4) is 0 Å². The number of benzene rings is 1. The van der Waals surface area contributed by atoms with E-state index in [2.05, 4.69) is 25.1 Å². The minimum Gasteiger partial charge on any atom is -0.345 e. The van der Waals surface area contributed by atoms with Crippen molar-refractivity contribution in [3.05, 3.63) is 52.7 Å². The van der Waals surface area contributed by atoms with E-state index in [1.807, 2.05) is 38.1 Å². The molecule has 1 N–H and O–H groups in total. The molecule has 6 heteroatoms. The van der Waals surface area contributed by atoms with Gasteiger partial charge in [0.15, 0.2) is 5.82 Å². The van der Waals surface area contributed by atoms with Crippen LogP contribution in [0.2, 0.25) is 0 Å². The molecule has 26 heavy (non-hydrogen) atoms. The third kappa shape index (κ3) is 3.19. The Balaban J connectivity index is 1.59. The molecule has 0 radical (unpaired) electrons. The summed E-state index contributed by atoms with van der Waals surface area (Å²) < 4.78 is 2.16. The van der Waals surface area contributed by atoms with Crippen LogP contribution in [0.15, 0.2) is 24.3 Å². The Bertz CT molecular complexity index is 976. The van der Waals surface area contributed by atoms with Crippen molar-refractivity contribution in [2.75, 3.05) is 0 Å². The lowest BCUT2D eigenvalue weighted by atomic mass is 10.0. The van der Waals surface area contributed by atoms with E-state index in [-0.39, 0.29) is 5.91 Å². The Morgan fingerprint density at radius 2 is 2.04 bits per heavy atom. The average molecular weight is 349 g/mol. The molecule has 4 rings (SSSR count). The molecule has 6 nitrogen and oxygen atoms in total. The number of fused-ring (bicyclic) bond motifs is 2. The minimum absolute atomic E-state index is 0.0999. The molecule has 2 aromatic heterocycles. The highest BCUT2D eigenvalue weighted by Gasteiger charge is 2.17. The van der Waals surface area contributed by atoms with Crippen molar-refractivity contribution in [3.8, 4) is 0 Å². The zero-order valence-electron chi connectivity index (χ0n) is 15.2. The summed E-state index contributed by atoms with van der Waals surface area (Å²) in [6.45, 7) is 5.26. The maximum atomic E-state index is 12.9. The first-order chi connectivity index (χ1) is 12.6. The number of rotatable bonds is 3. The number of hydrogen-bond acceptors (Lipinski definition) is 4. The summed E-state index contributed by atoms with van der Waals surface area (Å²) in [6.07, 6.45) is 4.48. The SMILES string of the molecule is Cc1ccc2nc(C)cc(C(=O)NCc3nnc4n3CCCCC4)c2c1. The molecule has 0 fully saturated rings. The van der Waals surface area contributed by atoms with E-state index in [9.17, 15) is 4.79 Å². The van der Waals surface area contributed by atoms with Gasteiger partial charge in [-0.25, -0.2) is 0 Å². The maximum absolute atomic E-state index is 12.9. The highest BCUT2D eigenvalue weighted by molar-refractivity contribution is 6.06. The van der Waals surface area contributed by atoms with Crippen molar-refractivity contribution in [1.82, 2.24) is 25.1 Å². The quantitative estimate of drug-likeness (QED) is 0.788. The number of hydrogen-bond donors (Lipinski definition) is 1. The van der Waals surface area contributed by atoms with Crippen molar-refractivity contribution in [2.45, 2.75) is 52.6 Å². The summed E-state index contributed by atoms with van der Waals surface area (Å²) in [5.41, 5.74) is 3.45. The highest BCUT2D eigenvalue weighted by Crippen LogP contribution is 2.20. The Kier molecular flexibility index (Phi) is 4.41. The summed E-state index contributed by atoms with van der Waals surface area (Å²) in [6, 6.07) is 7.84. The van der Waals surface area contributed by atoms with Gasteiger partial charge in [0.05, 0.1) is 17.6 Å². The average Bonchev–Trinajstić information content (AvgIpc) is 2.85. The van der Waals surface area contributed by atoms with Crippen molar-refractivity contribution < 1.29 is 4.79 Å². The van der Waals surface area contributed by atoms with Gasteiger partial charge >= 0.3 is 0 Å². The Morgan fingerprint density at radius 3 is 2.92 bits per heavy atom. The second-order valence-electron chi connectivity index (χ2n) is 7.01. The second-order valence-corrected chi connectivity index (χ2v) is 7.01. The summed E-state index contributed by atoms with van der Waals surface area (Å²) in [5, 5.41) is 12.5. The minimum atomic E-state index is -0.0999. The molecule has 1 aliphatic rings. The van der Waals surface area contributed by atoms with Gasteiger partial charge in [-0.3, -0.25) is 9.78 Å². The molecule has 0 aliphatic carbocycles. The van der Waals surface area contributed by atoms with E-state index in [1.54, 1.807) is 0 Å². The predicted molar refractivity (Wildman–Crippen MR) is 100.0 cm³/mol. The zero-order valence-corrected chi connectivity index (χ0v) is 15.2. The van der Waals surface area contributed by atoms with Crippen LogP contribution < -0.4 is 5.32 Å². The molecule has 1 amide bonds. The van der Waals surface area contributed by atoms with E-state index in [0.717, 1.165) is 59.6 Å². The smallest absolute Gasteiger partial charge is 0.252 e. The molecule has 0 saturated heterocycles. The normalized spacial score (nSPS) is 14.1. The molecule has 0 saturated carbocycles. The van der Waals surface area contributed by atoms with E-state index in [0.29, 0.717) is 12.1 Å². The largest absolute Gasteiger partial charge is 0.345 e. The Hall–Kier alpha value is -2.76. The fourth-order valence-electron chi connectivity index (χ4n) is 3.59. The van der Waals surface area contributed by atoms with Gasteiger partial charge in [-0.2, -0.15) is 0 Å². The van der Waals surface area contributed by atoms with Gasteiger partial charge in [-0.1, -0.05) is 18.1 Å². The van der Waals surface area contributed by atoms with Crippen molar-refractivity contribution >= 4 is 16.8 Å². The predicted octanol–water partition coefficient (Wildman–Crippen LogP) is 3.10. The van der Waals surface area contributed by atoms with Gasteiger partial charge in [0, 0.05) is 24.0 Å². The topological polar surface area (TPSA) is 72.7 Å². The molecule has 1 aliphatic heterocycles. The number of aromatic nitrogens is 4. The molecular formula is C20H23N5O. The van der Waals surface area contributed by atoms with Gasteiger partial charge in [0.1, 0.15) is 5.82 Å². The second kappa shape index (κ2) is 6.86. The number of carbonyl (C=O) groups is 1. The van der Waals surface area contributed by atoms with Gasteiger partial charge in [-0.15, -0.1) is 10.2 Å². The zero-order chi connectivity index (χ0) is 18.1. The molecule has 0 bridgehead atoms. The third-order valence-electron chi connectivity index (χ3n) is 4.93. The van der Waals surface area contributed by atoms with E-state index < -0.39 is 0 Å². The van der Waals surface area contributed by atoms with Crippen LogP contribution in [0.25, 0.3) is 10.9 Å². The van der Waals surface area contributed by atoms with Gasteiger partial charge in [-0.05, 0) is 44.9 Å². The van der Waals surface area contributed by atoms with Crippen LogP contribution in [0.1, 0.15) is 52.5 Å². The molecule has 3 heterocycles. The number of amides is 1. The standard InChI is InChI=1S/C20H23N5O/c1-13-7-8-17-15(10-13)16(11-14(2)22-17)20(26)21-12-19-24-23-18-6-4-3-5-9-25(18)19/h7-8,10-11H,3-6,9,12H2,1-2H3,(H,21,26). The van der Waals surface area contributed by atoms with Crippen molar-refractivity contribution in [3.63, 3.8) is 0 Å². The first kappa shape index (κ1) is 16.7. The summed E-state index contributed by atoms with van der Waals surface area (Å²) >= 11 is 0. The number of nitrogens with one attached hydrogen (secondary N) is 1. The highest BCUT2D eigenvalue weighted by atomic mass is 16.1. The molecule has 0 spiro atoms. The lowest BCUT2D eigenvalue weighted by Crippen LogP contribution is -2.25. The summed E-state index contributed by atoms with van der Waals surface area (Å²) in [5.74, 6) is 1.77. The maximum Gasteiger partial charge on any atom is 0.252 e. The van der Waals surface area contributed by atoms with Gasteiger partial charge in [0.2, 0.25) is 0 Å². The van der Waals surface area contributed by atoms with Crippen LogP contribution in [0, 0.1) is 13.8 Å². The molecule has 134 valence electrons. The number of pyridine rings is 1. The Labute approximate surface area is 152 Å². The molecule has 3 aromatic rings. The first-order valence-electron chi connectivity index (χ1n) is 9.19. The number of nitrogens with zero attached hydrogens (tertiary/aromatic N) is 4. The lowest BCUT2D eigenvalue weighted by molar-refractivity contribution is 0.0951. The molecule has 0 atom stereocenters. The Morgan fingerprint density at radius 1 is 1.15 bits per heavy atom. The van der Waals surface area contributed by atoms with Crippen LogP contribution in [-0.2, 0) is 19.5 Å². The molecular weight excluding hydrogens is 326 g/mol. The van der Waals surface area contributed by atoms with Crippen LogP contribution in [0.5, 0.6) is 0 Å². The van der Waals surface area contributed by atoms with Crippen molar-refractivity contribution in [2.24, 2.45) is 0 Å². The third-order valence-corrected chi connectivity index (χ3v) is 4.93. The number of aryl methyl sites for hydroxylation is 3. The van der Waals surface area contributed by atoms with Crippen LogP contribution in [0.4, 0.5) is 0 Å². The van der Waals surface area contributed by atoms with Gasteiger partial charge < -0.3 is 9.88 Å². The monoisotopic (exact) mass is 349 g/mol. The van der Waals surface area contributed by atoms with Gasteiger partial charge in [0.25, 0.3) is 5.91 Å². The molecule has 0 unspecified atom stereocenters. The fraction of sp³-hybridized carbons (Fsp3) is 0.400. The van der Waals surface area contributed by atoms with Crippen molar-refractivity contribution in [1.29, 1.82) is 0 Å². The number of carbonyl (C=O) groups excluding carboxylic acids is 1. The summed E-state index contributed by atoms with van der Waals surface area (Å²) in [7, 11) is 0. The lowest BCUT2D eigenvalue weighted by Gasteiger charge is -2.11. The van der Waals surface area contributed by atoms with E-state index in [1.165, 1.54) is 6.42 Å².